The van der Waals surface area contributed by atoms with E-state index in [2.05, 4.69) is 5.32 Å². The van der Waals surface area contributed by atoms with Crippen molar-refractivity contribution in [3.63, 3.8) is 0 Å². The van der Waals surface area contributed by atoms with Gasteiger partial charge in [0.25, 0.3) is 0 Å². The second-order valence-corrected chi connectivity index (χ2v) is 7.00. The Balaban J connectivity index is 1.76. The fraction of sp³-hybridized carbons (Fsp3) is 0.909. The molecule has 0 aromatic carbocycles. The van der Waals surface area contributed by atoms with Gasteiger partial charge in [-0.3, -0.25) is 4.79 Å². The number of hydrogen-bond acceptors (Lipinski definition) is 6. The second-order valence-electron chi connectivity index (χ2n) is 4.77. The van der Waals surface area contributed by atoms with Gasteiger partial charge in [-0.15, -0.1) is 0 Å². The van der Waals surface area contributed by atoms with Gasteiger partial charge in [-0.05, 0) is 0 Å². The van der Waals surface area contributed by atoms with Gasteiger partial charge in [0, 0.05) is 25.4 Å². The molecule has 0 aromatic rings. The number of rotatable bonds is 3. The van der Waals surface area contributed by atoms with Crippen LogP contribution < -0.4 is 5.32 Å². The topological polar surface area (TPSA) is 81.7 Å². The van der Waals surface area contributed by atoms with E-state index in [1.54, 1.807) is 0 Å². The van der Waals surface area contributed by atoms with Crippen molar-refractivity contribution < 1.29 is 22.7 Å². The summed E-state index contributed by atoms with van der Waals surface area (Å²) in [7, 11) is -3.00. The van der Waals surface area contributed by atoms with Crippen molar-refractivity contribution in [1.82, 2.24) is 5.32 Å². The van der Waals surface area contributed by atoms with Crippen LogP contribution >= 0.6 is 0 Å². The fourth-order valence-corrected chi connectivity index (χ4v) is 3.67. The van der Waals surface area contributed by atoms with Crippen molar-refractivity contribution in [3.8, 4) is 0 Å². The molecule has 18 heavy (non-hydrogen) atoms. The number of esters is 1. The van der Waals surface area contributed by atoms with Gasteiger partial charge in [0.15, 0.2) is 9.84 Å². The smallest absolute Gasteiger partial charge is 0.307 e. The summed E-state index contributed by atoms with van der Waals surface area (Å²) in [5.41, 5.74) is 0. The minimum Gasteiger partial charge on any atom is -0.462 e. The van der Waals surface area contributed by atoms with Crippen molar-refractivity contribution in [2.24, 2.45) is 0 Å². The number of carbonyl (C=O) groups is 1. The van der Waals surface area contributed by atoms with E-state index in [9.17, 15) is 13.2 Å². The van der Waals surface area contributed by atoms with E-state index in [4.69, 9.17) is 9.47 Å². The van der Waals surface area contributed by atoms with Crippen LogP contribution in [0, 0.1) is 0 Å². The summed E-state index contributed by atoms with van der Waals surface area (Å²) in [6, 6.07) is -0.309. The summed E-state index contributed by atoms with van der Waals surface area (Å²) in [6.45, 7) is 1.65. The van der Waals surface area contributed by atoms with Crippen molar-refractivity contribution in [2.75, 3.05) is 31.3 Å². The molecule has 1 unspecified atom stereocenters. The molecular weight excluding hydrogens is 258 g/mol. The molecular formula is C11H19NO5S. The molecule has 2 heterocycles. The fourth-order valence-electron chi connectivity index (χ4n) is 2.23. The van der Waals surface area contributed by atoms with Crippen LogP contribution in [-0.2, 0) is 24.1 Å². The maximum absolute atomic E-state index is 11.7. The Bertz CT molecular complexity index is 388. The molecule has 2 aliphatic rings. The molecule has 0 aliphatic carbocycles. The molecule has 0 spiro atoms. The van der Waals surface area contributed by atoms with Crippen LogP contribution in [0.4, 0.5) is 0 Å². The zero-order valence-corrected chi connectivity index (χ0v) is 11.1. The number of sulfone groups is 1. The van der Waals surface area contributed by atoms with E-state index in [0.29, 0.717) is 19.8 Å². The molecule has 2 saturated heterocycles. The number of carbonyl (C=O) groups excluding carboxylic acids is 1. The first-order valence-electron chi connectivity index (χ1n) is 6.26. The molecule has 0 bridgehead atoms. The zero-order chi connectivity index (χ0) is 13.0. The lowest BCUT2D eigenvalue weighted by atomic mass is 10.1. The first kappa shape index (κ1) is 13.8. The molecule has 0 saturated carbocycles. The lowest BCUT2D eigenvalue weighted by Crippen LogP contribution is -2.46. The predicted octanol–water partition coefficient (Wildman–Crippen LogP) is -0.515. The third-order valence-corrected chi connectivity index (χ3v) is 4.92. The van der Waals surface area contributed by atoms with Gasteiger partial charge in [0.2, 0.25) is 0 Å². The van der Waals surface area contributed by atoms with Crippen molar-refractivity contribution >= 4 is 15.8 Å². The zero-order valence-electron chi connectivity index (χ0n) is 10.3. The van der Waals surface area contributed by atoms with Crippen LogP contribution in [0.1, 0.15) is 19.3 Å². The quantitative estimate of drug-likeness (QED) is 0.699. The van der Waals surface area contributed by atoms with Crippen LogP contribution in [-0.4, -0.2) is 57.8 Å². The van der Waals surface area contributed by atoms with Crippen molar-refractivity contribution in [3.05, 3.63) is 0 Å². The first-order valence-corrected chi connectivity index (χ1v) is 8.08. The molecule has 7 heteroatoms. The predicted molar refractivity (Wildman–Crippen MR) is 65.0 cm³/mol. The average molecular weight is 277 g/mol. The van der Waals surface area contributed by atoms with Crippen LogP contribution in [0.3, 0.4) is 0 Å². The van der Waals surface area contributed by atoms with Gasteiger partial charge in [-0.1, -0.05) is 0 Å². The largest absolute Gasteiger partial charge is 0.462 e. The van der Waals surface area contributed by atoms with Gasteiger partial charge in [-0.2, -0.15) is 0 Å². The molecule has 2 aliphatic heterocycles. The molecule has 0 amide bonds. The van der Waals surface area contributed by atoms with Gasteiger partial charge in [0.1, 0.15) is 6.10 Å². The van der Waals surface area contributed by atoms with Crippen LogP contribution in [0.2, 0.25) is 0 Å². The summed E-state index contributed by atoms with van der Waals surface area (Å²) >= 11 is 0. The molecule has 6 nitrogen and oxygen atoms in total. The minimum atomic E-state index is -3.00. The third-order valence-electron chi connectivity index (χ3n) is 3.18. The minimum absolute atomic E-state index is 0.0237. The van der Waals surface area contributed by atoms with E-state index in [1.807, 2.05) is 0 Å². The summed E-state index contributed by atoms with van der Waals surface area (Å²) in [5, 5.41) is 3.04. The molecule has 1 N–H and O–H groups in total. The summed E-state index contributed by atoms with van der Waals surface area (Å²) in [6.07, 6.45) is 1.49. The monoisotopic (exact) mass is 277 g/mol. The van der Waals surface area contributed by atoms with E-state index in [-0.39, 0.29) is 36.0 Å². The summed E-state index contributed by atoms with van der Waals surface area (Å²) in [5.74, 6) is -0.148. The highest BCUT2D eigenvalue weighted by Gasteiger charge is 2.27. The highest BCUT2D eigenvalue weighted by Crippen LogP contribution is 2.13. The van der Waals surface area contributed by atoms with Gasteiger partial charge in [0.05, 0.1) is 31.1 Å². The molecule has 104 valence electrons. The Kier molecular flexibility index (Phi) is 4.58. The first-order chi connectivity index (χ1) is 8.55. The number of hydrogen-bond donors (Lipinski definition) is 1. The lowest BCUT2D eigenvalue weighted by Gasteiger charge is -2.25. The average Bonchev–Trinajstić information content (AvgIpc) is 2.28. The SMILES string of the molecule is O=C(CC1CS(=O)(=O)CCN1)OC1CCOCC1. The van der Waals surface area contributed by atoms with Crippen LogP contribution in [0.5, 0.6) is 0 Å². The van der Waals surface area contributed by atoms with Gasteiger partial charge in [-0.25, -0.2) is 8.42 Å². The van der Waals surface area contributed by atoms with Crippen molar-refractivity contribution in [2.45, 2.75) is 31.4 Å². The third kappa shape index (κ3) is 4.22. The van der Waals surface area contributed by atoms with E-state index < -0.39 is 9.84 Å². The van der Waals surface area contributed by atoms with Gasteiger partial charge >= 0.3 is 5.97 Å². The number of ether oxygens (including phenoxy) is 2. The normalized spacial score (nSPS) is 28.8. The van der Waals surface area contributed by atoms with Crippen LogP contribution in [0.15, 0.2) is 0 Å². The maximum atomic E-state index is 11.7. The van der Waals surface area contributed by atoms with E-state index in [0.717, 1.165) is 12.8 Å². The Morgan fingerprint density at radius 1 is 1.33 bits per heavy atom. The Morgan fingerprint density at radius 3 is 2.72 bits per heavy atom. The van der Waals surface area contributed by atoms with Crippen molar-refractivity contribution in [1.29, 1.82) is 0 Å². The standard InChI is InChI=1S/C11H19NO5S/c13-11(17-10-1-4-16-5-2-10)7-9-8-18(14,15)6-3-12-9/h9-10,12H,1-8H2. The highest BCUT2D eigenvalue weighted by atomic mass is 32.2. The molecule has 2 fully saturated rings. The molecule has 2 rings (SSSR count). The molecule has 1 atom stereocenters. The van der Waals surface area contributed by atoms with E-state index in [1.165, 1.54) is 0 Å². The molecule has 0 radical (unpaired) electrons. The Hall–Kier alpha value is -0.660. The summed E-state index contributed by atoms with van der Waals surface area (Å²) in [4.78, 5) is 11.7. The summed E-state index contributed by atoms with van der Waals surface area (Å²) < 4.78 is 33.3. The van der Waals surface area contributed by atoms with Gasteiger partial charge < -0.3 is 14.8 Å². The maximum Gasteiger partial charge on any atom is 0.307 e. The van der Waals surface area contributed by atoms with E-state index >= 15 is 0 Å². The lowest BCUT2D eigenvalue weighted by molar-refractivity contribution is -0.153. The van der Waals surface area contributed by atoms with Crippen LogP contribution in [0.25, 0.3) is 0 Å². The second kappa shape index (κ2) is 5.99. The Labute approximate surface area is 107 Å². The Morgan fingerprint density at radius 2 is 2.06 bits per heavy atom. The highest BCUT2D eigenvalue weighted by molar-refractivity contribution is 7.91. The molecule has 0 aromatic heterocycles. The number of nitrogens with one attached hydrogen (secondary N) is 1.